The van der Waals surface area contributed by atoms with Crippen LogP contribution in [0.3, 0.4) is 0 Å². The molecule has 1 atom stereocenters. The maximum Gasteiger partial charge on any atom is 0.170 e. The molecule has 0 saturated carbocycles. The van der Waals surface area contributed by atoms with Gasteiger partial charge >= 0.3 is 0 Å². The number of imidazole rings is 1. The fourth-order valence-electron chi connectivity index (χ4n) is 3.00. The topological polar surface area (TPSA) is 37.6 Å². The molecule has 1 fully saturated rings. The van der Waals surface area contributed by atoms with Gasteiger partial charge in [-0.1, -0.05) is 26.8 Å². The van der Waals surface area contributed by atoms with Crippen LogP contribution in [0, 0.1) is 11.3 Å². The van der Waals surface area contributed by atoms with E-state index in [0.717, 1.165) is 37.3 Å². The van der Waals surface area contributed by atoms with Crippen LogP contribution >= 0.6 is 0 Å². The van der Waals surface area contributed by atoms with Gasteiger partial charge in [0, 0.05) is 19.3 Å². The first-order valence-electron chi connectivity index (χ1n) is 7.18. The number of nitrogens with zero attached hydrogens (tertiary/aromatic N) is 3. The highest BCUT2D eigenvalue weighted by molar-refractivity contribution is 5.83. The molecule has 0 radical (unpaired) electrons. The summed E-state index contributed by atoms with van der Waals surface area (Å²) in [6, 6.07) is 5.81. The van der Waals surface area contributed by atoms with Gasteiger partial charge in [0.15, 0.2) is 12.1 Å². The Labute approximate surface area is 119 Å². The second kappa shape index (κ2) is 4.62. The van der Waals surface area contributed by atoms with Crippen LogP contribution in [0.5, 0.6) is 0 Å². The van der Waals surface area contributed by atoms with Crippen molar-refractivity contribution in [1.82, 2.24) is 9.38 Å². The molecule has 20 heavy (non-hydrogen) atoms. The van der Waals surface area contributed by atoms with Crippen molar-refractivity contribution in [3.05, 3.63) is 30.1 Å². The number of hydrogen-bond donors (Lipinski definition) is 0. The third kappa shape index (κ3) is 2.09. The lowest BCUT2D eigenvalue weighted by atomic mass is 9.80. The summed E-state index contributed by atoms with van der Waals surface area (Å²) in [7, 11) is 0. The summed E-state index contributed by atoms with van der Waals surface area (Å²) in [5.74, 6) is 1.48. The van der Waals surface area contributed by atoms with E-state index in [-0.39, 0.29) is 0 Å². The van der Waals surface area contributed by atoms with Crippen LogP contribution < -0.4 is 4.90 Å². The molecule has 0 spiro atoms. The lowest BCUT2D eigenvalue weighted by Crippen LogP contribution is -2.26. The Balaban J connectivity index is 1.97. The molecule has 1 aliphatic rings. The summed E-state index contributed by atoms with van der Waals surface area (Å²) < 4.78 is 1.87. The van der Waals surface area contributed by atoms with Gasteiger partial charge in [-0.05, 0) is 29.9 Å². The Bertz CT molecular complexity index is 639. The van der Waals surface area contributed by atoms with Crippen LogP contribution in [-0.4, -0.2) is 28.8 Å². The van der Waals surface area contributed by atoms with Crippen LogP contribution in [0.2, 0.25) is 0 Å². The van der Waals surface area contributed by atoms with Gasteiger partial charge in [-0.15, -0.1) is 0 Å². The van der Waals surface area contributed by atoms with Crippen LogP contribution in [0.25, 0.3) is 5.65 Å². The smallest absolute Gasteiger partial charge is 0.170 e. The highest BCUT2D eigenvalue weighted by Gasteiger charge is 2.33. The standard InChI is InChI=1S/C16H21N3O/c1-16(2,3)12-7-9-18(10-12)15-13(11-20)19-8-5-4-6-14(19)17-15/h4-6,8,11-12H,7,9-10H2,1-3H3. The van der Waals surface area contributed by atoms with E-state index in [1.807, 2.05) is 28.8 Å². The molecule has 106 valence electrons. The van der Waals surface area contributed by atoms with Crippen LogP contribution in [0.1, 0.15) is 37.7 Å². The summed E-state index contributed by atoms with van der Waals surface area (Å²) in [6.07, 6.45) is 3.97. The molecule has 0 N–H and O–H groups in total. The van der Waals surface area contributed by atoms with E-state index in [2.05, 4.69) is 30.7 Å². The quantitative estimate of drug-likeness (QED) is 0.788. The first kappa shape index (κ1) is 13.2. The molecule has 1 saturated heterocycles. The monoisotopic (exact) mass is 271 g/mol. The van der Waals surface area contributed by atoms with Gasteiger partial charge in [0.1, 0.15) is 11.3 Å². The van der Waals surface area contributed by atoms with Crippen molar-refractivity contribution in [3.63, 3.8) is 0 Å². The van der Waals surface area contributed by atoms with Gasteiger partial charge in [0.05, 0.1) is 0 Å². The lowest BCUT2D eigenvalue weighted by Gasteiger charge is -2.27. The van der Waals surface area contributed by atoms with Crippen molar-refractivity contribution >= 4 is 17.8 Å². The molecule has 2 aromatic rings. The number of rotatable bonds is 2. The Kier molecular flexibility index (Phi) is 3.04. The zero-order chi connectivity index (χ0) is 14.3. The van der Waals surface area contributed by atoms with Crippen molar-refractivity contribution in [2.75, 3.05) is 18.0 Å². The summed E-state index contributed by atoms with van der Waals surface area (Å²) >= 11 is 0. The minimum absolute atomic E-state index is 0.301. The Morgan fingerprint density at radius 3 is 2.80 bits per heavy atom. The third-order valence-electron chi connectivity index (χ3n) is 4.37. The van der Waals surface area contributed by atoms with Crippen molar-refractivity contribution in [3.8, 4) is 0 Å². The molecule has 4 nitrogen and oxygen atoms in total. The SMILES string of the molecule is CC(C)(C)C1CCN(c2nc3ccccn3c2C=O)C1. The number of carbonyl (C=O) groups is 1. The molecule has 0 bridgehead atoms. The van der Waals surface area contributed by atoms with Crippen LogP contribution in [0.4, 0.5) is 5.82 Å². The predicted molar refractivity (Wildman–Crippen MR) is 80.4 cm³/mol. The number of anilines is 1. The van der Waals surface area contributed by atoms with Crippen molar-refractivity contribution in [1.29, 1.82) is 0 Å². The summed E-state index contributed by atoms with van der Waals surface area (Å²) in [6.45, 7) is 8.81. The van der Waals surface area contributed by atoms with E-state index >= 15 is 0 Å². The molecular formula is C16H21N3O. The Hall–Kier alpha value is -1.84. The average Bonchev–Trinajstić information content (AvgIpc) is 3.02. The molecule has 1 aliphatic heterocycles. The van der Waals surface area contributed by atoms with Gasteiger partial charge in [-0.2, -0.15) is 0 Å². The normalized spacial score (nSPS) is 19.8. The number of pyridine rings is 1. The fourth-order valence-corrected chi connectivity index (χ4v) is 3.00. The number of carbonyl (C=O) groups excluding carboxylic acids is 1. The van der Waals surface area contributed by atoms with Crippen LogP contribution in [-0.2, 0) is 0 Å². The Morgan fingerprint density at radius 2 is 2.15 bits per heavy atom. The molecule has 0 amide bonds. The van der Waals surface area contributed by atoms with E-state index in [4.69, 9.17) is 0 Å². The lowest BCUT2D eigenvalue weighted by molar-refractivity contribution is 0.111. The zero-order valence-corrected chi connectivity index (χ0v) is 12.3. The highest BCUT2D eigenvalue weighted by Crippen LogP contribution is 2.36. The minimum Gasteiger partial charge on any atom is -0.354 e. The number of fused-ring (bicyclic) bond motifs is 1. The highest BCUT2D eigenvalue weighted by atomic mass is 16.1. The van der Waals surface area contributed by atoms with Gasteiger partial charge in [-0.25, -0.2) is 4.98 Å². The molecule has 3 rings (SSSR count). The third-order valence-corrected chi connectivity index (χ3v) is 4.37. The van der Waals surface area contributed by atoms with Crippen LogP contribution in [0.15, 0.2) is 24.4 Å². The summed E-state index contributed by atoms with van der Waals surface area (Å²) in [5, 5.41) is 0. The minimum atomic E-state index is 0.301. The Morgan fingerprint density at radius 1 is 1.35 bits per heavy atom. The molecule has 1 unspecified atom stereocenters. The molecule has 0 aliphatic carbocycles. The van der Waals surface area contributed by atoms with Gasteiger partial charge < -0.3 is 4.90 Å². The van der Waals surface area contributed by atoms with E-state index in [1.54, 1.807) is 0 Å². The predicted octanol–water partition coefficient (Wildman–Crippen LogP) is 3.02. The number of hydrogen-bond acceptors (Lipinski definition) is 3. The first-order chi connectivity index (χ1) is 9.50. The molecule has 0 aromatic carbocycles. The fraction of sp³-hybridized carbons (Fsp3) is 0.500. The van der Waals surface area contributed by atoms with Gasteiger partial charge in [-0.3, -0.25) is 9.20 Å². The molecular weight excluding hydrogens is 250 g/mol. The summed E-state index contributed by atoms with van der Waals surface area (Å²) in [5.41, 5.74) is 1.80. The first-order valence-corrected chi connectivity index (χ1v) is 7.18. The maximum atomic E-state index is 11.5. The molecule has 3 heterocycles. The second-order valence-electron chi connectivity index (χ2n) is 6.66. The van der Waals surface area contributed by atoms with E-state index in [1.165, 1.54) is 0 Å². The number of aldehydes is 1. The molecule has 2 aromatic heterocycles. The maximum absolute atomic E-state index is 11.5. The van der Waals surface area contributed by atoms with Crippen molar-refractivity contribution in [2.45, 2.75) is 27.2 Å². The second-order valence-corrected chi connectivity index (χ2v) is 6.66. The van der Waals surface area contributed by atoms with Crippen molar-refractivity contribution in [2.24, 2.45) is 11.3 Å². The summed E-state index contributed by atoms with van der Waals surface area (Å²) in [4.78, 5) is 18.3. The van der Waals surface area contributed by atoms with E-state index < -0.39 is 0 Å². The van der Waals surface area contributed by atoms with E-state index in [9.17, 15) is 4.79 Å². The van der Waals surface area contributed by atoms with Gasteiger partial charge in [0.2, 0.25) is 0 Å². The van der Waals surface area contributed by atoms with Crippen molar-refractivity contribution < 1.29 is 4.79 Å². The number of aromatic nitrogens is 2. The zero-order valence-electron chi connectivity index (χ0n) is 12.3. The van der Waals surface area contributed by atoms with Gasteiger partial charge in [0.25, 0.3) is 0 Å². The largest absolute Gasteiger partial charge is 0.354 e. The van der Waals surface area contributed by atoms with E-state index in [0.29, 0.717) is 17.0 Å². The average molecular weight is 271 g/mol. The molecule has 4 heteroatoms.